The summed E-state index contributed by atoms with van der Waals surface area (Å²) in [4.78, 5) is 36.1. The van der Waals surface area contributed by atoms with Crippen LogP contribution in [0, 0.1) is 11.8 Å². The van der Waals surface area contributed by atoms with Gasteiger partial charge in [0.05, 0.1) is 23.1 Å². The van der Waals surface area contributed by atoms with Crippen molar-refractivity contribution < 1.29 is 15.1 Å². The van der Waals surface area contributed by atoms with E-state index in [1.807, 2.05) is 36.4 Å². The number of fused-ring (bicyclic) bond motifs is 2. The third kappa shape index (κ3) is 7.23. The molecule has 41 heavy (non-hydrogen) atoms. The Morgan fingerprint density at radius 1 is 0.780 bits per heavy atom. The number of aromatic nitrogens is 1. The summed E-state index contributed by atoms with van der Waals surface area (Å²) >= 11 is 0. The van der Waals surface area contributed by atoms with Crippen molar-refractivity contribution >= 4 is 45.0 Å². The lowest BCUT2D eigenvalue weighted by Crippen LogP contribution is -2.48. The standard InChI is InChI=1S/C33H45N5O2.H2O/c1-5-30(37-15-7-9-22(3)20-37)32(39)34-26-13-11-24-17-25-12-14-27(19-29(25)36-28(24)18-26)35-33(40)31(6-2)38-16-8-10-23(4)21-38;/h11-14,17-19,22-23,30-31H,5-10,15-16,20-21H2,1-4H3,(H,34,39)(H,35,40);1H2. The smallest absolute Gasteiger partial charge is 0.241 e. The fourth-order valence-corrected chi connectivity index (χ4v) is 6.67. The molecule has 2 amide bonds. The van der Waals surface area contributed by atoms with Crippen LogP contribution in [0.1, 0.15) is 66.2 Å². The molecule has 4 N–H and O–H groups in total. The first kappa shape index (κ1) is 30.9. The highest BCUT2D eigenvalue weighted by molar-refractivity contribution is 6.00. The summed E-state index contributed by atoms with van der Waals surface area (Å²) in [7, 11) is 0. The van der Waals surface area contributed by atoms with Crippen molar-refractivity contribution in [2.75, 3.05) is 36.8 Å². The van der Waals surface area contributed by atoms with E-state index in [9.17, 15) is 9.59 Å². The lowest BCUT2D eigenvalue weighted by molar-refractivity contribution is -0.122. The van der Waals surface area contributed by atoms with E-state index in [-0.39, 0.29) is 29.4 Å². The molecule has 0 saturated carbocycles. The van der Waals surface area contributed by atoms with Gasteiger partial charge < -0.3 is 16.1 Å². The Kier molecular flexibility index (Phi) is 10.3. The SMILES string of the molecule is CCC(C(=O)Nc1ccc2cc3ccc(NC(=O)C(CC)N4CCCC(C)C4)cc3nc2c1)N1CCCC(C)C1.O. The minimum atomic E-state index is -0.116. The predicted molar refractivity (Wildman–Crippen MR) is 168 cm³/mol. The highest BCUT2D eigenvalue weighted by Gasteiger charge is 2.29. The number of benzene rings is 2. The number of pyridine rings is 1. The van der Waals surface area contributed by atoms with E-state index in [2.05, 4.69) is 54.2 Å². The van der Waals surface area contributed by atoms with Gasteiger partial charge in [-0.3, -0.25) is 19.4 Å². The van der Waals surface area contributed by atoms with Gasteiger partial charge in [0.1, 0.15) is 0 Å². The molecule has 2 fully saturated rings. The molecule has 5 rings (SSSR count). The quantitative estimate of drug-likeness (QED) is 0.355. The van der Waals surface area contributed by atoms with Crippen molar-refractivity contribution in [1.82, 2.24) is 14.8 Å². The van der Waals surface area contributed by atoms with Crippen LogP contribution in [0.3, 0.4) is 0 Å². The van der Waals surface area contributed by atoms with Crippen LogP contribution in [0.25, 0.3) is 21.8 Å². The molecule has 0 aliphatic carbocycles. The molecule has 0 radical (unpaired) electrons. The number of carbonyl (C=O) groups is 2. The van der Waals surface area contributed by atoms with Crippen molar-refractivity contribution in [3.8, 4) is 0 Å². The van der Waals surface area contributed by atoms with Gasteiger partial charge in [0.25, 0.3) is 0 Å². The maximum atomic E-state index is 13.2. The zero-order chi connectivity index (χ0) is 28.2. The molecule has 222 valence electrons. The number of nitrogens with zero attached hydrogens (tertiary/aromatic N) is 3. The molecule has 8 heteroatoms. The molecule has 2 aromatic carbocycles. The molecular weight excluding hydrogens is 514 g/mol. The van der Waals surface area contributed by atoms with E-state index < -0.39 is 0 Å². The van der Waals surface area contributed by atoms with Crippen molar-refractivity contribution in [3.05, 3.63) is 42.5 Å². The molecule has 3 heterocycles. The van der Waals surface area contributed by atoms with Crippen LogP contribution in [0.5, 0.6) is 0 Å². The number of likely N-dealkylation sites (tertiary alicyclic amines) is 2. The summed E-state index contributed by atoms with van der Waals surface area (Å²) in [6, 6.07) is 13.7. The number of anilines is 2. The van der Waals surface area contributed by atoms with Crippen LogP contribution >= 0.6 is 0 Å². The highest BCUT2D eigenvalue weighted by Crippen LogP contribution is 2.27. The van der Waals surface area contributed by atoms with Gasteiger partial charge in [-0.05, 0) is 93.8 Å². The maximum Gasteiger partial charge on any atom is 0.241 e. The second-order valence-corrected chi connectivity index (χ2v) is 12.1. The average molecular weight is 562 g/mol. The van der Waals surface area contributed by atoms with Gasteiger partial charge in [0, 0.05) is 35.2 Å². The van der Waals surface area contributed by atoms with Gasteiger partial charge in [0.2, 0.25) is 11.8 Å². The Morgan fingerprint density at radius 3 is 1.61 bits per heavy atom. The lowest BCUT2D eigenvalue weighted by atomic mass is 9.97. The first-order valence-corrected chi connectivity index (χ1v) is 15.3. The number of carbonyl (C=O) groups excluding carboxylic acids is 2. The van der Waals surface area contributed by atoms with Gasteiger partial charge in [-0.15, -0.1) is 0 Å². The monoisotopic (exact) mass is 561 g/mol. The number of hydrogen-bond donors (Lipinski definition) is 2. The van der Waals surface area contributed by atoms with Crippen LogP contribution in [0.15, 0.2) is 42.5 Å². The molecule has 2 aliphatic heterocycles. The molecule has 3 aromatic rings. The second kappa shape index (κ2) is 13.7. The van der Waals surface area contributed by atoms with Crippen LogP contribution in [0.4, 0.5) is 11.4 Å². The van der Waals surface area contributed by atoms with E-state index in [1.54, 1.807) is 0 Å². The number of amides is 2. The Balaban J connectivity index is 0.00000387. The van der Waals surface area contributed by atoms with Crippen LogP contribution < -0.4 is 10.6 Å². The zero-order valence-corrected chi connectivity index (χ0v) is 25.1. The molecule has 2 aliphatic rings. The van der Waals surface area contributed by atoms with E-state index in [4.69, 9.17) is 4.98 Å². The van der Waals surface area contributed by atoms with Gasteiger partial charge >= 0.3 is 0 Å². The van der Waals surface area contributed by atoms with Crippen LogP contribution in [0.2, 0.25) is 0 Å². The summed E-state index contributed by atoms with van der Waals surface area (Å²) in [5.74, 6) is 1.36. The first-order valence-electron chi connectivity index (χ1n) is 15.3. The van der Waals surface area contributed by atoms with E-state index in [1.165, 1.54) is 12.8 Å². The Hall–Kier alpha value is -3.07. The number of piperidine rings is 2. The average Bonchev–Trinajstić information content (AvgIpc) is 2.93. The van der Waals surface area contributed by atoms with Crippen molar-refractivity contribution in [2.24, 2.45) is 11.8 Å². The van der Waals surface area contributed by atoms with Gasteiger partial charge in [-0.2, -0.15) is 0 Å². The second-order valence-electron chi connectivity index (χ2n) is 12.1. The van der Waals surface area contributed by atoms with Crippen LogP contribution in [-0.2, 0) is 9.59 Å². The summed E-state index contributed by atoms with van der Waals surface area (Å²) in [6.07, 6.45) is 6.36. The van der Waals surface area contributed by atoms with Gasteiger partial charge in [-0.1, -0.05) is 39.8 Å². The van der Waals surface area contributed by atoms with E-state index in [0.29, 0.717) is 11.8 Å². The van der Waals surface area contributed by atoms with Crippen molar-refractivity contribution in [3.63, 3.8) is 0 Å². The number of rotatable bonds is 8. The van der Waals surface area contributed by atoms with E-state index >= 15 is 0 Å². The van der Waals surface area contributed by atoms with Crippen LogP contribution in [-0.4, -0.2) is 70.3 Å². The Morgan fingerprint density at radius 2 is 1.22 bits per heavy atom. The molecule has 1 aromatic heterocycles. The van der Waals surface area contributed by atoms with Crippen molar-refractivity contribution in [2.45, 2.75) is 78.3 Å². The highest BCUT2D eigenvalue weighted by atomic mass is 16.2. The zero-order valence-electron chi connectivity index (χ0n) is 25.1. The molecular formula is C33H47N5O3. The minimum absolute atomic E-state index is 0. The minimum Gasteiger partial charge on any atom is -0.412 e. The fourth-order valence-electron chi connectivity index (χ4n) is 6.67. The number of nitrogens with one attached hydrogen (secondary N) is 2. The fraction of sp³-hybridized carbons (Fsp3) is 0.545. The van der Waals surface area contributed by atoms with Crippen molar-refractivity contribution in [1.29, 1.82) is 0 Å². The summed E-state index contributed by atoms with van der Waals surface area (Å²) in [5.41, 5.74) is 3.17. The lowest BCUT2D eigenvalue weighted by Gasteiger charge is -2.36. The molecule has 2 saturated heterocycles. The number of hydrogen-bond acceptors (Lipinski definition) is 5. The summed E-state index contributed by atoms with van der Waals surface area (Å²) in [6.45, 7) is 12.6. The Labute approximate surface area is 244 Å². The topological polar surface area (TPSA) is 109 Å². The molecule has 0 spiro atoms. The summed E-state index contributed by atoms with van der Waals surface area (Å²) in [5, 5.41) is 8.34. The maximum absolute atomic E-state index is 13.2. The molecule has 4 unspecified atom stereocenters. The summed E-state index contributed by atoms with van der Waals surface area (Å²) < 4.78 is 0. The molecule has 4 atom stereocenters. The largest absolute Gasteiger partial charge is 0.412 e. The van der Waals surface area contributed by atoms with Gasteiger partial charge in [0.15, 0.2) is 0 Å². The van der Waals surface area contributed by atoms with Gasteiger partial charge in [-0.25, -0.2) is 4.98 Å². The normalized spacial score (nSPS) is 21.7. The third-order valence-electron chi connectivity index (χ3n) is 8.78. The first-order chi connectivity index (χ1) is 19.3. The third-order valence-corrected chi connectivity index (χ3v) is 8.78. The molecule has 0 bridgehead atoms. The molecule has 8 nitrogen and oxygen atoms in total. The Bertz CT molecular complexity index is 1260. The van der Waals surface area contributed by atoms with E-state index in [0.717, 1.165) is 85.0 Å². The predicted octanol–water partition coefficient (Wildman–Crippen LogP) is 5.46.